The van der Waals surface area contributed by atoms with Crippen LogP contribution in [0, 0.1) is 23.7 Å². The molecule has 5 atom stereocenters. The molecule has 1 aromatic rings. The van der Waals surface area contributed by atoms with Gasteiger partial charge in [-0.25, -0.2) is 0 Å². The van der Waals surface area contributed by atoms with Crippen LogP contribution < -0.4 is 4.74 Å². The maximum absolute atomic E-state index is 11.7. The van der Waals surface area contributed by atoms with E-state index in [1.165, 1.54) is 0 Å². The number of fused-ring (bicyclic) bond motifs is 5. The van der Waals surface area contributed by atoms with E-state index >= 15 is 0 Å². The topological polar surface area (TPSA) is 47.9 Å². The third-order valence-electron chi connectivity index (χ3n) is 5.43. The van der Waals surface area contributed by atoms with Crippen molar-refractivity contribution >= 4 is 11.5 Å². The van der Waals surface area contributed by atoms with Gasteiger partial charge in [-0.05, 0) is 49.9 Å². The van der Waals surface area contributed by atoms with Gasteiger partial charge in [0.2, 0.25) is 0 Å². The van der Waals surface area contributed by atoms with Crippen LogP contribution >= 0.6 is 0 Å². The fourth-order valence-electron chi connectivity index (χ4n) is 4.48. The van der Waals surface area contributed by atoms with Gasteiger partial charge in [0.15, 0.2) is 0 Å². The maximum atomic E-state index is 11.7. The molecule has 2 bridgehead atoms. The van der Waals surface area contributed by atoms with E-state index in [2.05, 4.69) is 5.16 Å². The van der Waals surface area contributed by atoms with Crippen LogP contribution in [0.2, 0.25) is 0 Å². The molecule has 4 rings (SSSR count). The molecule has 4 heteroatoms. The number of rotatable bonds is 3. The first kappa shape index (κ1) is 12.9. The molecule has 2 aliphatic carbocycles. The summed E-state index contributed by atoms with van der Waals surface area (Å²) in [5.74, 6) is 2.59. The summed E-state index contributed by atoms with van der Waals surface area (Å²) < 4.78 is 5.20. The third-order valence-corrected chi connectivity index (χ3v) is 5.43. The van der Waals surface area contributed by atoms with Gasteiger partial charge >= 0.3 is 0 Å². The second-order valence-corrected chi connectivity index (χ2v) is 6.41. The molecule has 0 radical (unpaired) electrons. The molecule has 110 valence electrons. The highest BCUT2D eigenvalue weighted by atomic mass is 16.6. The van der Waals surface area contributed by atoms with Crippen molar-refractivity contribution in [2.24, 2.45) is 28.8 Å². The number of nitrogens with zero attached hydrogens (tertiary/aromatic N) is 1. The van der Waals surface area contributed by atoms with E-state index in [9.17, 15) is 4.79 Å². The minimum atomic E-state index is 0.106. The van der Waals surface area contributed by atoms with Gasteiger partial charge in [-0.3, -0.25) is 4.79 Å². The molecule has 1 aliphatic heterocycles. The van der Waals surface area contributed by atoms with Gasteiger partial charge in [-0.2, -0.15) is 0 Å². The van der Waals surface area contributed by atoms with E-state index in [0.717, 1.165) is 29.9 Å². The second kappa shape index (κ2) is 4.58. The normalized spacial score (nSPS) is 36.1. The first-order chi connectivity index (χ1) is 10.2. The molecule has 1 aromatic carbocycles. The molecule has 0 N–H and O–H groups in total. The number of carbonyl (C=O) groups is 1. The molecular weight excluding hydrogens is 266 g/mol. The summed E-state index contributed by atoms with van der Waals surface area (Å²) in [4.78, 5) is 17.5. The van der Waals surface area contributed by atoms with Crippen LogP contribution in [0.15, 0.2) is 29.4 Å². The smallest absolute Gasteiger partial charge is 0.139 e. The molecule has 3 aliphatic rings. The maximum Gasteiger partial charge on any atom is 0.139 e. The highest BCUT2D eigenvalue weighted by Crippen LogP contribution is 2.56. The average molecular weight is 285 g/mol. The Morgan fingerprint density at radius 2 is 2.05 bits per heavy atom. The fraction of sp³-hybridized carbons (Fsp3) is 0.529. The number of ether oxygens (including phenoxy) is 1. The Morgan fingerprint density at radius 1 is 1.29 bits per heavy atom. The van der Waals surface area contributed by atoms with Crippen molar-refractivity contribution in [2.75, 3.05) is 7.11 Å². The minimum absolute atomic E-state index is 0.106. The number of benzene rings is 1. The molecule has 0 amide bonds. The van der Waals surface area contributed by atoms with Crippen LogP contribution in [0.5, 0.6) is 5.75 Å². The Hall–Kier alpha value is -1.84. The van der Waals surface area contributed by atoms with E-state index in [1.807, 2.05) is 24.3 Å². The summed E-state index contributed by atoms with van der Waals surface area (Å²) in [6.45, 7) is 1.71. The van der Waals surface area contributed by atoms with Gasteiger partial charge in [-0.1, -0.05) is 5.16 Å². The molecule has 4 nitrogen and oxygen atoms in total. The molecule has 0 spiro atoms. The summed E-state index contributed by atoms with van der Waals surface area (Å²) in [7, 11) is 1.67. The number of hydrogen-bond donors (Lipinski definition) is 0. The molecule has 0 unspecified atom stereocenters. The van der Waals surface area contributed by atoms with E-state index < -0.39 is 0 Å². The number of Topliss-reactive ketones (excluding diaryl/α,β-unsaturated/α-hetero) is 1. The number of oxime groups is 1. The van der Waals surface area contributed by atoms with E-state index in [0.29, 0.717) is 23.5 Å². The summed E-state index contributed by atoms with van der Waals surface area (Å²) in [5.41, 5.74) is 2.16. The van der Waals surface area contributed by atoms with Gasteiger partial charge in [0.25, 0.3) is 0 Å². The van der Waals surface area contributed by atoms with Crippen LogP contribution in [0.4, 0.5) is 0 Å². The first-order valence-corrected chi connectivity index (χ1v) is 7.57. The summed E-state index contributed by atoms with van der Waals surface area (Å²) in [5, 5.41) is 4.35. The molecule has 21 heavy (non-hydrogen) atoms. The van der Waals surface area contributed by atoms with Crippen molar-refractivity contribution in [1.29, 1.82) is 0 Å². The van der Waals surface area contributed by atoms with Gasteiger partial charge in [-0.15, -0.1) is 0 Å². The molecular formula is C17H19NO3. The zero-order valence-electron chi connectivity index (χ0n) is 12.3. The standard InChI is InChI=1S/C17H19NO3/c1-9(19)13-7-11-8-14(13)17-15(11)16(18-21-17)10-3-5-12(20-2)6-4-10/h3-6,11,13-15,17H,7-8H2,1-2H3/t11-,13+,14+,15-,17-/m1/s1. The number of hydrogen-bond acceptors (Lipinski definition) is 4. The van der Waals surface area contributed by atoms with Crippen LogP contribution in [-0.2, 0) is 9.63 Å². The highest BCUT2D eigenvalue weighted by molar-refractivity contribution is 6.03. The average Bonchev–Trinajstić information content (AvgIpc) is 3.18. The lowest BCUT2D eigenvalue weighted by Gasteiger charge is -2.28. The minimum Gasteiger partial charge on any atom is -0.497 e. The van der Waals surface area contributed by atoms with Crippen molar-refractivity contribution in [1.82, 2.24) is 0 Å². The SMILES string of the molecule is COc1ccc(C2=NO[C@@H]3[C@H]4C[C@@H](C[C@H]4C(C)=O)[C@H]23)cc1. The van der Waals surface area contributed by atoms with E-state index in [4.69, 9.17) is 9.57 Å². The van der Waals surface area contributed by atoms with Crippen LogP contribution in [0.3, 0.4) is 0 Å². The number of methoxy groups -OCH3 is 1. The Balaban J connectivity index is 1.59. The monoisotopic (exact) mass is 285 g/mol. The predicted molar refractivity (Wildman–Crippen MR) is 78.3 cm³/mol. The third kappa shape index (κ3) is 1.81. The van der Waals surface area contributed by atoms with Crippen LogP contribution in [-0.4, -0.2) is 24.7 Å². The zero-order valence-corrected chi connectivity index (χ0v) is 12.3. The second-order valence-electron chi connectivity index (χ2n) is 6.41. The molecule has 2 fully saturated rings. The molecule has 1 heterocycles. The van der Waals surface area contributed by atoms with Crippen molar-refractivity contribution in [3.8, 4) is 5.75 Å². The highest BCUT2D eigenvalue weighted by Gasteiger charge is 2.59. The van der Waals surface area contributed by atoms with Gasteiger partial charge in [0, 0.05) is 23.3 Å². The van der Waals surface area contributed by atoms with Crippen molar-refractivity contribution in [2.45, 2.75) is 25.9 Å². The summed E-state index contributed by atoms with van der Waals surface area (Å²) >= 11 is 0. The number of carbonyl (C=O) groups excluding carboxylic acids is 1. The van der Waals surface area contributed by atoms with Crippen molar-refractivity contribution < 1.29 is 14.4 Å². The van der Waals surface area contributed by atoms with Crippen LogP contribution in [0.25, 0.3) is 0 Å². The first-order valence-electron chi connectivity index (χ1n) is 7.57. The van der Waals surface area contributed by atoms with Crippen LogP contribution in [0.1, 0.15) is 25.3 Å². The number of ketones is 1. The summed E-state index contributed by atoms with van der Waals surface area (Å²) in [6.07, 6.45) is 2.21. The quantitative estimate of drug-likeness (QED) is 0.858. The van der Waals surface area contributed by atoms with Gasteiger partial charge in [0.05, 0.1) is 12.8 Å². The summed E-state index contributed by atoms with van der Waals surface area (Å²) in [6, 6.07) is 7.99. The fourth-order valence-corrected chi connectivity index (χ4v) is 4.48. The Morgan fingerprint density at radius 3 is 2.71 bits per heavy atom. The lowest BCUT2D eigenvalue weighted by Crippen LogP contribution is -2.36. The Bertz CT molecular complexity index is 607. The Labute approximate surface area is 124 Å². The largest absolute Gasteiger partial charge is 0.497 e. The lowest BCUT2D eigenvalue weighted by molar-refractivity contribution is -0.124. The predicted octanol–water partition coefficient (Wildman–Crippen LogP) is 2.66. The zero-order chi connectivity index (χ0) is 14.6. The van der Waals surface area contributed by atoms with Gasteiger partial charge < -0.3 is 9.57 Å². The molecule has 2 saturated carbocycles. The van der Waals surface area contributed by atoms with E-state index in [1.54, 1.807) is 14.0 Å². The van der Waals surface area contributed by atoms with Crippen molar-refractivity contribution in [3.05, 3.63) is 29.8 Å². The van der Waals surface area contributed by atoms with Crippen molar-refractivity contribution in [3.63, 3.8) is 0 Å². The van der Waals surface area contributed by atoms with E-state index in [-0.39, 0.29) is 12.0 Å². The molecule has 0 saturated heterocycles. The lowest BCUT2D eigenvalue weighted by atomic mass is 9.75. The Kier molecular flexibility index (Phi) is 2.81. The molecule has 0 aromatic heterocycles. The van der Waals surface area contributed by atoms with Gasteiger partial charge in [0.1, 0.15) is 17.6 Å².